The van der Waals surface area contributed by atoms with Crippen molar-refractivity contribution in [2.75, 3.05) is 18.4 Å². The molecule has 10 nitrogen and oxygen atoms in total. The third kappa shape index (κ3) is 6.96. The maximum atomic E-state index is 13.8. The van der Waals surface area contributed by atoms with E-state index >= 15 is 0 Å². The van der Waals surface area contributed by atoms with Gasteiger partial charge < -0.3 is 24.8 Å². The average molecular weight is 704 g/mol. The molecule has 12 heteroatoms. The number of halogens is 2. The molecule has 3 saturated carbocycles. The molecule has 5 fully saturated rings. The summed E-state index contributed by atoms with van der Waals surface area (Å²) in [5.41, 5.74) is 0.630. The van der Waals surface area contributed by atoms with Crippen molar-refractivity contribution in [2.45, 2.75) is 108 Å². The molecule has 2 saturated heterocycles. The Morgan fingerprint density at radius 1 is 0.922 bits per heavy atom. The standard InChI is InChI=1S/C39H47F2N5O5/c1-38(2)36-44-34(27-5-7-28(40)8-6-27)35(43-30-11-9-29(41)10-12-30)45(36)14-15-46(38)33(47)23-42-37(48)49-31-4-3-13-39(22-31)21-26-17-24-16-25(18-26)20-32(19-24)50-51-39/h5-12,24-26,31-32,43H,3-4,13-23H2,1-2H3,(H,42,48)/t24?,25?,26?,31?,32?,39-/m0/s1. The second-order valence-electron chi connectivity index (χ2n) is 16.0. The number of anilines is 2. The van der Waals surface area contributed by atoms with Gasteiger partial charge in [0, 0.05) is 30.8 Å². The average Bonchev–Trinajstić information content (AvgIpc) is 3.49. The summed E-state index contributed by atoms with van der Waals surface area (Å²) >= 11 is 0. The SMILES string of the molecule is CC1(C)c2nc(-c3ccc(F)cc3)c(Nc3ccc(F)cc3)n2CCN1C(=O)CNC(=O)OC1CCC[C@]2(CC3CC4CC(C3)CC(C4)OO2)C1. The summed E-state index contributed by atoms with van der Waals surface area (Å²) in [5.74, 6) is 2.38. The number of aromatic nitrogens is 2. The number of hydrogen-bond acceptors (Lipinski definition) is 7. The van der Waals surface area contributed by atoms with Crippen LogP contribution in [0.1, 0.15) is 83.9 Å². The van der Waals surface area contributed by atoms with Crippen molar-refractivity contribution in [3.8, 4) is 11.3 Å². The number of amides is 2. The van der Waals surface area contributed by atoms with E-state index in [0.29, 0.717) is 54.0 Å². The lowest BCUT2D eigenvalue weighted by Gasteiger charge is -2.43. The summed E-state index contributed by atoms with van der Waals surface area (Å²) in [4.78, 5) is 45.9. The predicted octanol–water partition coefficient (Wildman–Crippen LogP) is 7.60. The second kappa shape index (κ2) is 13.5. The van der Waals surface area contributed by atoms with Gasteiger partial charge in [-0.25, -0.2) is 28.3 Å². The Kier molecular flexibility index (Phi) is 9.02. The number of carbonyl (C=O) groups is 2. The van der Waals surface area contributed by atoms with Gasteiger partial charge in [0.1, 0.15) is 47.2 Å². The van der Waals surface area contributed by atoms with Crippen LogP contribution in [0.3, 0.4) is 0 Å². The zero-order chi connectivity index (χ0) is 35.3. The quantitative estimate of drug-likeness (QED) is 0.255. The Balaban J connectivity index is 0.930. The van der Waals surface area contributed by atoms with Crippen molar-refractivity contribution >= 4 is 23.5 Å². The fraction of sp³-hybridized carbons (Fsp3) is 0.564. The number of ether oxygens (including phenoxy) is 1. The molecule has 4 bridgehead atoms. The van der Waals surface area contributed by atoms with Gasteiger partial charge in [-0.05, 0) is 138 Å². The lowest BCUT2D eigenvalue weighted by molar-refractivity contribution is -0.396. The van der Waals surface area contributed by atoms with E-state index in [1.54, 1.807) is 29.2 Å². The van der Waals surface area contributed by atoms with Gasteiger partial charge in [-0.2, -0.15) is 0 Å². The highest BCUT2D eigenvalue weighted by atomic mass is 19.1. The maximum absolute atomic E-state index is 13.8. The van der Waals surface area contributed by atoms with E-state index in [0.717, 1.165) is 50.4 Å². The van der Waals surface area contributed by atoms with Crippen LogP contribution in [-0.2, 0) is 31.4 Å². The number of hydrogen-bond donors (Lipinski definition) is 2. The molecule has 2 amide bonds. The summed E-state index contributed by atoms with van der Waals surface area (Å²) in [5, 5.41) is 6.09. The molecule has 3 aliphatic carbocycles. The molecule has 4 heterocycles. The van der Waals surface area contributed by atoms with E-state index in [1.807, 2.05) is 18.4 Å². The molecule has 1 spiro atoms. The van der Waals surface area contributed by atoms with Gasteiger partial charge in [-0.1, -0.05) is 0 Å². The van der Waals surface area contributed by atoms with Gasteiger partial charge in [0.05, 0.1) is 11.6 Å². The van der Waals surface area contributed by atoms with Crippen LogP contribution in [0.4, 0.5) is 25.1 Å². The number of imidazole rings is 1. The molecule has 1 aromatic heterocycles. The highest BCUT2D eigenvalue weighted by Crippen LogP contribution is 2.50. The Bertz CT molecular complexity index is 1750. The van der Waals surface area contributed by atoms with E-state index in [2.05, 4.69) is 10.6 Å². The summed E-state index contributed by atoms with van der Waals surface area (Å²) < 4.78 is 35.4. The molecule has 2 N–H and O–H groups in total. The Morgan fingerprint density at radius 3 is 2.33 bits per heavy atom. The molecule has 4 atom stereocenters. The van der Waals surface area contributed by atoms with E-state index in [9.17, 15) is 18.4 Å². The zero-order valence-corrected chi connectivity index (χ0v) is 29.3. The van der Waals surface area contributed by atoms with Crippen LogP contribution in [0.25, 0.3) is 11.3 Å². The highest BCUT2D eigenvalue weighted by Gasteiger charge is 2.48. The minimum absolute atomic E-state index is 0.157. The molecule has 3 aromatic rings. The maximum Gasteiger partial charge on any atom is 0.407 e. The lowest BCUT2D eigenvalue weighted by Crippen LogP contribution is -2.54. The van der Waals surface area contributed by atoms with Gasteiger partial charge in [-0.15, -0.1) is 0 Å². The van der Waals surface area contributed by atoms with Crippen molar-refractivity contribution < 1.29 is 32.9 Å². The monoisotopic (exact) mass is 703 g/mol. The van der Waals surface area contributed by atoms with E-state index < -0.39 is 17.2 Å². The Labute approximate surface area is 297 Å². The van der Waals surface area contributed by atoms with Crippen molar-refractivity contribution in [2.24, 2.45) is 17.8 Å². The number of nitrogens with zero attached hydrogens (tertiary/aromatic N) is 3. The minimum atomic E-state index is -0.860. The number of carbonyl (C=O) groups excluding carboxylic acids is 2. The first-order valence-electron chi connectivity index (χ1n) is 18.5. The smallest absolute Gasteiger partial charge is 0.407 e. The fourth-order valence-electron chi connectivity index (χ4n) is 9.75. The van der Waals surface area contributed by atoms with E-state index in [4.69, 9.17) is 19.5 Å². The van der Waals surface area contributed by atoms with Crippen LogP contribution in [0.15, 0.2) is 48.5 Å². The van der Waals surface area contributed by atoms with Crippen molar-refractivity contribution in [1.82, 2.24) is 19.8 Å². The van der Waals surface area contributed by atoms with Gasteiger partial charge in [0.25, 0.3) is 0 Å². The molecule has 51 heavy (non-hydrogen) atoms. The summed E-state index contributed by atoms with van der Waals surface area (Å²) in [6.07, 6.45) is 9.25. The Morgan fingerprint density at radius 2 is 1.61 bits per heavy atom. The third-order valence-electron chi connectivity index (χ3n) is 11.9. The number of benzene rings is 2. The first kappa shape index (κ1) is 34.1. The van der Waals surface area contributed by atoms with Gasteiger partial charge in [0.2, 0.25) is 5.91 Å². The highest BCUT2D eigenvalue weighted by molar-refractivity contribution is 5.83. The third-order valence-corrected chi connectivity index (χ3v) is 11.9. The second-order valence-corrected chi connectivity index (χ2v) is 16.0. The molecular formula is C39H47F2N5O5. The lowest BCUT2D eigenvalue weighted by atomic mass is 9.64. The number of nitrogens with one attached hydrogen (secondary N) is 2. The Hall–Kier alpha value is -4.03. The number of rotatable bonds is 6. The van der Waals surface area contributed by atoms with Crippen molar-refractivity contribution in [3.63, 3.8) is 0 Å². The fourth-order valence-corrected chi connectivity index (χ4v) is 9.75. The topological polar surface area (TPSA) is 107 Å². The van der Waals surface area contributed by atoms with Crippen LogP contribution >= 0.6 is 0 Å². The molecule has 3 aliphatic heterocycles. The largest absolute Gasteiger partial charge is 0.446 e. The number of fused-ring (bicyclic) bond motifs is 2. The number of alkyl carbamates (subject to hydrolysis) is 1. The van der Waals surface area contributed by atoms with Crippen LogP contribution in [0.2, 0.25) is 0 Å². The molecule has 9 rings (SSSR count). The molecule has 0 radical (unpaired) electrons. The minimum Gasteiger partial charge on any atom is -0.446 e. The molecule has 2 aromatic carbocycles. The molecule has 272 valence electrons. The van der Waals surface area contributed by atoms with Crippen LogP contribution in [0, 0.1) is 29.4 Å². The van der Waals surface area contributed by atoms with Crippen LogP contribution in [-0.4, -0.2) is 57.3 Å². The van der Waals surface area contributed by atoms with Crippen LogP contribution < -0.4 is 10.6 Å². The molecule has 6 aliphatic rings. The summed E-state index contributed by atoms with van der Waals surface area (Å²) in [7, 11) is 0. The van der Waals surface area contributed by atoms with Crippen molar-refractivity contribution in [1.29, 1.82) is 0 Å². The first-order valence-corrected chi connectivity index (χ1v) is 18.5. The van der Waals surface area contributed by atoms with Crippen molar-refractivity contribution in [3.05, 3.63) is 66.0 Å². The van der Waals surface area contributed by atoms with Gasteiger partial charge in [-0.3, -0.25) is 4.79 Å². The van der Waals surface area contributed by atoms with E-state index in [-0.39, 0.29) is 36.3 Å². The van der Waals surface area contributed by atoms with E-state index in [1.165, 1.54) is 43.5 Å². The first-order chi connectivity index (χ1) is 24.5. The zero-order valence-electron chi connectivity index (χ0n) is 29.3. The molecule has 3 unspecified atom stereocenters. The van der Waals surface area contributed by atoms with Gasteiger partial charge >= 0.3 is 6.09 Å². The van der Waals surface area contributed by atoms with Crippen LogP contribution in [0.5, 0.6) is 0 Å². The summed E-state index contributed by atoms with van der Waals surface area (Å²) in [6.45, 7) is 4.38. The summed E-state index contributed by atoms with van der Waals surface area (Å²) in [6, 6.07) is 12.1. The predicted molar refractivity (Wildman–Crippen MR) is 186 cm³/mol. The van der Waals surface area contributed by atoms with Gasteiger partial charge in [0.15, 0.2) is 0 Å². The normalized spacial score (nSPS) is 29.5. The molecular weight excluding hydrogens is 656 g/mol.